The normalized spacial score (nSPS) is 10.4. The molecule has 0 aromatic heterocycles. The first kappa shape index (κ1) is 16.0. The molecule has 106 valence electrons. The van der Waals surface area contributed by atoms with Gasteiger partial charge in [0.2, 0.25) is 5.91 Å². The van der Waals surface area contributed by atoms with Crippen LogP contribution in [0.4, 0.5) is 5.69 Å². The Balaban J connectivity index is 2.80. The molecule has 0 heterocycles. The van der Waals surface area contributed by atoms with Crippen LogP contribution in [0, 0.1) is 0 Å². The lowest BCUT2D eigenvalue weighted by Crippen LogP contribution is -2.38. The van der Waals surface area contributed by atoms with Gasteiger partial charge in [0, 0.05) is 36.8 Å². The van der Waals surface area contributed by atoms with Crippen molar-refractivity contribution in [3.05, 3.63) is 28.2 Å². The van der Waals surface area contributed by atoms with Gasteiger partial charge in [-0.25, -0.2) is 0 Å². The second kappa shape index (κ2) is 7.50. The molecule has 0 spiro atoms. The summed E-state index contributed by atoms with van der Waals surface area (Å²) in [6.45, 7) is 6.35. The Hall–Kier alpha value is -1.07. The van der Waals surface area contributed by atoms with Crippen molar-refractivity contribution in [1.82, 2.24) is 4.90 Å². The van der Waals surface area contributed by atoms with Gasteiger partial charge in [0.1, 0.15) is 0 Å². The zero-order valence-corrected chi connectivity index (χ0v) is 13.4. The molecule has 0 unspecified atom stereocenters. The zero-order valence-electron chi connectivity index (χ0n) is 11.8. The highest BCUT2D eigenvalue weighted by atomic mass is 79.9. The van der Waals surface area contributed by atoms with Gasteiger partial charge in [-0.15, -0.1) is 0 Å². The van der Waals surface area contributed by atoms with Gasteiger partial charge in [0.15, 0.2) is 0 Å². The lowest BCUT2D eigenvalue weighted by Gasteiger charge is -2.25. The van der Waals surface area contributed by atoms with Crippen LogP contribution in [0.1, 0.15) is 19.4 Å². The smallest absolute Gasteiger partial charge is 0.242 e. The minimum Gasteiger partial charge on any atom is -0.365 e. The van der Waals surface area contributed by atoms with E-state index in [-0.39, 0.29) is 5.91 Å². The van der Waals surface area contributed by atoms with E-state index in [1.54, 1.807) is 0 Å². The molecular weight excluding hydrogens is 306 g/mol. The van der Waals surface area contributed by atoms with Crippen molar-refractivity contribution in [3.63, 3.8) is 0 Å². The van der Waals surface area contributed by atoms with E-state index in [1.807, 2.05) is 48.9 Å². The Bertz CT molecular complexity index is 433. The quantitative estimate of drug-likeness (QED) is 0.871. The topological polar surface area (TPSA) is 49.6 Å². The first-order chi connectivity index (χ1) is 9.01. The van der Waals surface area contributed by atoms with Crippen LogP contribution in [0.3, 0.4) is 0 Å². The highest BCUT2D eigenvalue weighted by Crippen LogP contribution is 2.22. The molecule has 0 bridgehead atoms. The van der Waals surface area contributed by atoms with Crippen molar-refractivity contribution in [3.8, 4) is 0 Å². The molecule has 4 nitrogen and oxygen atoms in total. The van der Waals surface area contributed by atoms with Crippen LogP contribution >= 0.6 is 15.9 Å². The van der Waals surface area contributed by atoms with Crippen LogP contribution in [0.25, 0.3) is 0 Å². The number of carbonyl (C=O) groups excluding carboxylic acids is 1. The Morgan fingerprint density at radius 2 is 1.89 bits per heavy atom. The van der Waals surface area contributed by atoms with E-state index in [2.05, 4.69) is 15.9 Å². The molecule has 0 aliphatic carbocycles. The monoisotopic (exact) mass is 327 g/mol. The lowest BCUT2D eigenvalue weighted by atomic mass is 10.2. The van der Waals surface area contributed by atoms with Gasteiger partial charge in [0.05, 0.1) is 6.54 Å². The number of hydrogen-bond donors (Lipinski definition) is 1. The number of hydrogen-bond acceptors (Lipinski definition) is 3. The maximum Gasteiger partial charge on any atom is 0.242 e. The number of nitrogens with zero attached hydrogens (tertiary/aromatic N) is 2. The molecule has 0 aliphatic rings. The third-order valence-corrected chi connectivity index (χ3v) is 3.57. The number of likely N-dealkylation sites (N-methyl/N-ethyl adjacent to an activating group) is 2. The van der Waals surface area contributed by atoms with Crippen LogP contribution in [-0.4, -0.2) is 37.5 Å². The minimum atomic E-state index is 0.141. The highest BCUT2D eigenvalue weighted by Gasteiger charge is 2.13. The Kier molecular flexibility index (Phi) is 6.31. The van der Waals surface area contributed by atoms with Crippen molar-refractivity contribution in [1.29, 1.82) is 0 Å². The first-order valence-corrected chi connectivity index (χ1v) is 7.29. The van der Waals surface area contributed by atoms with E-state index >= 15 is 0 Å². The molecule has 2 N–H and O–H groups in total. The van der Waals surface area contributed by atoms with E-state index in [1.165, 1.54) is 0 Å². The summed E-state index contributed by atoms with van der Waals surface area (Å²) in [7, 11) is 1.92. The molecule has 0 aliphatic heterocycles. The molecule has 0 atom stereocenters. The summed E-state index contributed by atoms with van der Waals surface area (Å²) in [4.78, 5) is 15.9. The van der Waals surface area contributed by atoms with Crippen LogP contribution in [0.15, 0.2) is 22.7 Å². The third-order valence-electron chi connectivity index (χ3n) is 3.11. The fraction of sp³-hybridized carbons (Fsp3) is 0.500. The van der Waals surface area contributed by atoms with Crippen molar-refractivity contribution in [2.75, 3.05) is 31.6 Å². The van der Waals surface area contributed by atoms with Crippen LogP contribution < -0.4 is 10.6 Å². The number of benzene rings is 1. The first-order valence-electron chi connectivity index (χ1n) is 6.50. The maximum absolute atomic E-state index is 12.1. The number of nitrogens with two attached hydrogens (primary N) is 1. The number of rotatable bonds is 6. The van der Waals surface area contributed by atoms with Gasteiger partial charge in [-0.1, -0.05) is 15.9 Å². The predicted molar refractivity (Wildman–Crippen MR) is 83.2 cm³/mol. The summed E-state index contributed by atoms with van der Waals surface area (Å²) in [5, 5.41) is 0. The number of carbonyl (C=O) groups is 1. The van der Waals surface area contributed by atoms with E-state index in [0.717, 1.165) is 28.8 Å². The average Bonchev–Trinajstić information content (AvgIpc) is 2.39. The van der Waals surface area contributed by atoms with Gasteiger partial charge in [-0.05, 0) is 37.6 Å². The SMILES string of the molecule is CCN(CC)C(=O)CN(C)c1cc(Br)cc(CN)c1. The molecule has 0 saturated carbocycles. The molecule has 0 radical (unpaired) electrons. The molecule has 5 heteroatoms. The Labute approximate surface area is 123 Å². The van der Waals surface area contributed by atoms with Crippen LogP contribution in [0.2, 0.25) is 0 Å². The molecule has 1 aromatic rings. The Morgan fingerprint density at radius 3 is 2.42 bits per heavy atom. The third kappa shape index (κ3) is 4.51. The Morgan fingerprint density at radius 1 is 1.26 bits per heavy atom. The predicted octanol–water partition coefficient (Wildman–Crippen LogP) is 2.21. The largest absolute Gasteiger partial charge is 0.365 e. The number of halogens is 1. The fourth-order valence-electron chi connectivity index (χ4n) is 1.94. The van der Waals surface area contributed by atoms with Crippen molar-refractivity contribution >= 4 is 27.5 Å². The van der Waals surface area contributed by atoms with E-state index in [0.29, 0.717) is 13.1 Å². The lowest BCUT2D eigenvalue weighted by molar-refractivity contribution is -0.129. The van der Waals surface area contributed by atoms with Gasteiger partial charge in [-0.3, -0.25) is 4.79 Å². The van der Waals surface area contributed by atoms with Crippen LogP contribution in [0.5, 0.6) is 0 Å². The van der Waals surface area contributed by atoms with Gasteiger partial charge in [-0.2, -0.15) is 0 Å². The van der Waals surface area contributed by atoms with Crippen molar-refractivity contribution in [2.45, 2.75) is 20.4 Å². The zero-order chi connectivity index (χ0) is 14.4. The average molecular weight is 328 g/mol. The molecule has 19 heavy (non-hydrogen) atoms. The molecular formula is C14H22BrN3O. The van der Waals surface area contributed by atoms with Gasteiger partial charge < -0.3 is 15.5 Å². The highest BCUT2D eigenvalue weighted by molar-refractivity contribution is 9.10. The second-order valence-electron chi connectivity index (χ2n) is 4.44. The number of amides is 1. The van der Waals surface area contributed by atoms with Crippen molar-refractivity contribution in [2.24, 2.45) is 5.73 Å². The van der Waals surface area contributed by atoms with Crippen LogP contribution in [-0.2, 0) is 11.3 Å². The standard InChI is InChI=1S/C14H22BrN3O/c1-4-18(5-2)14(19)10-17(3)13-7-11(9-16)6-12(15)8-13/h6-8H,4-5,9-10,16H2,1-3H3. The van der Waals surface area contributed by atoms with Gasteiger partial charge in [0.25, 0.3) is 0 Å². The molecule has 0 saturated heterocycles. The fourth-order valence-corrected chi connectivity index (χ4v) is 2.47. The second-order valence-corrected chi connectivity index (χ2v) is 5.36. The maximum atomic E-state index is 12.1. The summed E-state index contributed by atoms with van der Waals surface area (Å²) in [5.41, 5.74) is 7.71. The molecule has 1 amide bonds. The van der Waals surface area contributed by atoms with E-state index in [9.17, 15) is 4.79 Å². The summed E-state index contributed by atoms with van der Waals surface area (Å²) in [6.07, 6.45) is 0. The molecule has 0 fully saturated rings. The summed E-state index contributed by atoms with van der Waals surface area (Å²) in [5.74, 6) is 0.141. The molecule has 1 aromatic carbocycles. The minimum absolute atomic E-state index is 0.141. The summed E-state index contributed by atoms with van der Waals surface area (Å²) >= 11 is 3.47. The molecule has 1 rings (SSSR count). The van der Waals surface area contributed by atoms with Gasteiger partial charge >= 0.3 is 0 Å². The number of anilines is 1. The van der Waals surface area contributed by atoms with E-state index in [4.69, 9.17) is 5.73 Å². The summed E-state index contributed by atoms with van der Waals surface area (Å²) < 4.78 is 0.979. The summed E-state index contributed by atoms with van der Waals surface area (Å²) in [6, 6.07) is 6.00. The van der Waals surface area contributed by atoms with E-state index < -0.39 is 0 Å². The van der Waals surface area contributed by atoms with Crippen molar-refractivity contribution < 1.29 is 4.79 Å².